The van der Waals surface area contributed by atoms with Gasteiger partial charge in [0.2, 0.25) is 10.0 Å². The first-order valence-electron chi connectivity index (χ1n) is 6.82. The number of rotatable bonds is 5. The Labute approximate surface area is 138 Å². The van der Waals surface area contributed by atoms with Gasteiger partial charge in [0.1, 0.15) is 0 Å². The first-order valence-corrected chi connectivity index (χ1v) is 10.4. The summed E-state index contributed by atoms with van der Waals surface area (Å²) in [6, 6.07) is 3.31. The Kier molecular flexibility index (Phi) is 5.76. The van der Waals surface area contributed by atoms with Crippen LogP contribution in [-0.2, 0) is 16.6 Å². The topological polar surface area (TPSA) is 66.4 Å². The summed E-state index contributed by atoms with van der Waals surface area (Å²) in [5.41, 5.74) is 1.40. The van der Waals surface area contributed by atoms with Crippen LogP contribution in [0.2, 0.25) is 0 Å². The Balaban J connectivity index is 2.26. The fraction of sp³-hybridized carbons (Fsp3) is 0.571. The van der Waals surface area contributed by atoms with Crippen LogP contribution in [0.1, 0.15) is 30.4 Å². The zero-order chi connectivity index (χ0) is 15.6. The van der Waals surface area contributed by atoms with E-state index in [9.17, 15) is 13.5 Å². The minimum absolute atomic E-state index is 0.00237. The second-order valence-electron chi connectivity index (χ2n) is 5.37. The van der Waals surface area contributed by atoms with Gasteiger partial charge in [0.25, 0.3) is 0 Å². The number of nitrogens with one attached hydrogen (secondary N) is 1. The molecule has 1 aromatic rings. The lowest BCUT2D eigenvalue weighted by atomic mass is 10.1. The third-order valence-electron chi connectivity index (χ3n) is 3.79. The summed E-state index contributed by atoms with van der Waals surface area (Å²) in [5, 5.41) is 9.79. The maximum atomic E-state index is 12.6. The molecule has 0 amide bonds. The van der Waals surface area contributed by atoms with Gasteiger partial charge in [-0.25, -0.2) is 13.1 Å². The molecule has 1 aliphatic carbocycles. The summed E-state index contributed by atoms with van der Waals surface area (Å²) in [4.78, 5) is 0.208. The molecule has 0 saturated heterocycles. The quantitative estimate of drug-likeness (QED) is 0.806. The summed E-state index contributed by atoms with van der Waals surface area (Å²) < 4.78 is 28.6. The minimum atomic E-state index is -3.58. The van der Waals surface area contributed by atoms with Gasteiger partial charge in [0.15, 0.2) is 0 Å². The normalized spacial score (nSPS) is 22.7. The van der Waals surface area contributed by atoms with Crippen molar-refractivity contribution in [2.75, 3.05) is 6.26 Å². The van der Waals surface area contributed by atoms with Crippen LogP contribution in [0, 0.1) is 6.92 Å². The van der Waals surface area contributed by atoms with Gasteiger partial charge in [-0.2, -0.15) is 11.8 Å². The fourth-order valence-electron chi connectivity index (χ4n) is 2.64. The lowest BCUT2D eigenvalue weighted by molar-refractivity contribution is 0.281. The number of thioether (sulfide) groups is 1. The predicted molar refractivity (Wildman–Crippen MR) is 90.1 cm³/mol. The Hall–Kier alpha value is -0.0800. The molecule has 0 heterocycles. The zero-order valence-electron chi connectivity index (χ0n) is 12.1. The maximum Gasteiger partial charge on any atom is 0.241 e. The molecule has 2 rings (SSSR count). The number of halogens is 1. The lowest BCUT2D eigenvalue weighted by Gasteiger charge is -2.16. The summed E-state index contributed by atoms with van der Waals surface area (Å²) in [5.74, 6) is 0. The van der Waals surface area contributed by atoms with Crippen LogP contribution >= 0.6 is 27.7 Å². The Morgan fingerprint density at radius 1 is 1.43 bits per heavy atom. The van der Waals surface area contributed by atoms with Crippen molar-refractivity contribution >= 4 is 37.7 Å². The van der Waals surface area contributed by atoms with Crippen LogP contribution in [0.4, 0.5) is 0 Å². The van der Waals surface area contributed by atoms with Gasteiger partial charge in [-0.15, -0.1) is 0 Å². The average Bonchev–Trinajstić information content (AvgIpc) is 2.88. The van der Waals surface area contributed by atoms with E-state index in [1.807, 2.05) is 6.92 Å². The first kappa shape index (κ1) is 17.3. The standard InChI is InChI=1S/C14H20BrNO3S2/c1-9-5-10(8-17)6-13(14(9)15)21(18,19)16-11-3-4-12(7-11)20-2/h5-6,11-12,16-17H,3-4,7-8H2,1-2H3. The second kappa shape index (κ2) is 7.00. The number of aliphatic hydroxyl groups is 1. The van der Waals surface area contributed by atoms with Crippen molar-refractivity contribution in [1.29, 1.82) is 0 Å². The van der Waals surface area contributed by atoms with E-state index >= 15 is 0 Å². The molecule has 0 aromatic heterocycles. The molecule has 0 bridgehead atoms. The maximum absolute atomic E-state index is 12.6. The molecule has 0 aliphatic heterocycles. The lowest BCUT2D eigenvalue weighted by Crippen LogP contribution is -2.33. The molecule has 1 fully saturated rings. The number of hydrogen-bond acceptors (Lipinski definition) is 4. The molecule has 2 N–H and O–H groups in total. The zero-order valence-corrected chi connectivity index (χ0v) is 15.3. The molecule has 0 spiro atoms. The average molecular weight is 394 g/mol. The Morgan fingerprint density at radius 3 is 2.71 bits per heavy atom. The van der Waals surface area contributed by atoms with Gasteiger partial charge < -0.3 is 5.11 Å². The van der Waals surface area contributed by atoms with Crippen molar-refractivity contribution in [3.8, 4) is 0 Å². The second-order valence-corrected chi connectivity index (χ2v) is 8.99. The van der Waals surface area contributed by atoms with Crippen LogP contribution < -0.4 is 4.72 Å². The highest BCUT2D eigenvalue weighted by molar-refractivity contribution is 9.10. The van der Waals surface area contributed by atoms with E-state index < -0.39 is 10.0 Å². The van der Waals surface area contributed by atoms with Gasteiger partial charge in [0, 0.05) is 15.8 Å². The molecule has 2 unspecified atom stereocenters. The molecule has 2 atom stereocenters. The smallest absolute Gasteiger partial charge is 0.241 e. The van der Waals surface area contributed by atoms with Gasteiger partial charge in [-0.05, 0) is 65.6 Å². The molecule has 1 aromatic carbocycles. The molecule has 0 radical (unpaired) electrons. The molecule has 7 heteroatoms. The highest BCUT2D eigenvalue weighted by Gasteiger charge is 2.29. The van der Waals surface area contributed by atoms with Crippen LogP contribution in [0.25, 0.3) is 0 Å². The first-order chi connectivity index (χ1) is 9.87. The molecular weight excluding hydrogens is 374 g/mol. The van der Waals surface area contributed by atoms with Crippen LogP contribution in [0.5, 0.6) is 0 Å². The third kappa shape index (κ3) is 4.01. The van der Waals surface area contributed by atoms with Crippen molar-refractivity contribution < 1.29 is 13.5 Å². The molecule has 1 aliphatic rings. The molecule has 21 heavy (non-hydrogen) atoms. The molecule has 118 valence electrons. The van der Waals surface area contributed by atoms with Crippen LogP contribution in [0.3, 0.4) is 0 Å². The monoisotopic (exact) mass is 393 g/mol. The van der Waals surface area contributed by atoms with Crippen molar-refractivity contribution in [2.24, 2.45) is 0 Å². The number of benzene rings is 1. The van der Waals surface area contributed by atoms with Crippen molar-refractivity contribution in [1.82, 2.24) is 4.72 Å². The highest BCUT2D eigenvalue weighted by atomic mass is 79.9. The summed E-state index contributed by atoms with van der Waals surface area (Å²) >= 11 is 5.14. The van der Waals surface area contributed by atoms with E-state index in [-0.39, 0.29) is 17.5 Å². The summed E-state index contributed by atoms with van der Waals surface area (Å²) in [6.07, 6.45) is 4.86. The van der Waals surface area contributed by atoms with Gasteiger partial charge in [-0.3, -0.25) is 0 Å². The Morgan fingerprint density at radius 2 is 2.14 bits per heavy atom. The van der Waals surface area contributed by atoms with Gasteiger partial charge >= 0.3 is 0 Å². The van der Waals surface area contributed by atoms with E-state index in [1.165, 1.54) is 6.07 Å². The van der Waals surface area contributed by atoms with Gasteiger partial charge in [0.05, 0.1) is 11.5 Å². The number of sulfonamides is 1. The van der Waals surface area contributed by atoms with E-state index in [2.05, 4.69) is 26.9 Å². The predicted octanol–water partition coefficient (Wildman–Crippen LogP) is 2.81. The van der Waals surface area contributed by atoms with Crippen molar-refractivity contribution in [3.63, 3.8) is 0 Å². The minimum Gasteiger partial charge on any atom is -0.392 e. The van der Waals surface area contributed by atoms with Gasteiger partial charge in [-0.1, -0.05) is 6.07 Å². The number of hydrogen-bond donors (Lipinski definition) is 2. The third-order valence-corrected chi connectivity index (χ3v) is 7.75. The van der Waals surface area contributed by atoms with E-state index in [0.717, 1.165) is 24.8 Å². The fourth-order valence-corrected chi connectivity index (χ4v) is 5.79. The summed E-state index contributed by atoms with van der Waals surface area (Å²) in [7, 11) is -3.58. The Bertz CT molecular complexity index is 619. The summed E-state index contributed by atoms with van der Waals surface area (Å²) in [6.45, 7) is 1.65. The van der Waals surface area contributed by atoms with Crippen molar-refractivity contribution in [2.45, 2.75) is 49.0 Å². The number of aryl methyl sites for hydroxylation is 1. The van der Waals surface area contributed by atoms with E-state index in [4.69, 9.17) is 0 Å². The number of aliphatic hydroxyl groups excluding tert-OH is 1. The van der Waals surface area contributed by atoms with Crippen molar-refractivity contribution in [3.05, 3.63) is 27.7 Å². The molecule has 1 saturated carbocycles. The van der Waals surface area contributed by atoms with E-state index in [1.54, 1.807) is 17.8 Å². The largest absolute Gasteiger partial charge is 0.392 e. The highest BCUT2D eigenvalue weighted by Crippen LogP contribution is 2.31. The van der Waals surface area contributed by atoms with Crippen LogP contribution in [-0.4, -0.2) is 31.1 Å². The SMILES string of the molecule is CSC1CCC(NS(=O)(=O)c2cc(CO)cc(C)c2Br)C1. The van der Waals surface area contributed by atoms with Crippen LogP contribution in [0.15, 0.2) is 21.5 Å². The van der Waals surface area contributed by atoms with E-state index in [0.29, 0.717) is 15.3 Å². The molecular formula is C14H20BrNO3S2. The molecule has 4 nitrogen and oxygen atoms in total.